The maximum Gasteiger partial charge on any atom is 0.349 e. The molecule has 0 radical (unpaired) electrons. The van der Waals surface area contributed by atoms with E-state index in [1.165, 1.54) is 19.1 Å². The van der Waals surface area contributed by atoms with Crippen molar-refractivity contribution in [3.8, 4) is 12.1 Å². The van der Waals surface area contributed by atoms with E-state index in [0.29, 0.717) is 33.2 Å². The monoisotopic (exact) mass is 800 g/mol. The van der Waals surface area contributed by atoms with Crippen molar-refractivity contribution in [1.82, 2.24) is 0 Å². The second-order valence-corrected chi connectivity index (χ2v) is 11.9. The van der Waals surface area contributed by atoms with E-state index in [9.17, 15) is 29.7 Å². The zero-order chi connectivity index (χ0) is 36.5. The molecular formula is C35H38Br2N4O8. The number of halogens is 2. The van der Waals surface area contributed by atoms with Gasteiger partial charge in [0.1, 0.15) is 49.1 Å². The smallest absolute Gasteiger partial charge is 0.349 e. The van der Waals surface area contributed by atoms with Crippen LogP contribution in [-0.4, -0.2) is 76.0 Å². The minimum Gasteiger partial charge on any atom is -0.465 e. The van der Waals surface area contributed by atoms with Crippen LogP contribution in [0.1, 0.15) is 45.7 Å². The third kappa shape index (κ3) is 12.7. The predicted octanol–water partition coefficient (Wildman–Crippen LogP) is 5.98. The predicted molar refractivity (Wildman–Crippen MR) is 191 cm³/mol. The zero-order valence-corrected chi connectivity index (χ0v) is 31.1. The molecule has 0 aliphatic heterocycles. The maximum atomic E-state index is 12.8. The van der Waals surface area contributed by atoms with Crippen molar-refractivity contribution >= 4 is 79.3 Å². The first kappa shape index (κ1) is 40.5. The topological polar surface area (TPSA) is 159 Å². The Bertz CT molecular complexity index is 1660. The minimum absolute atomic E-state index is 0.0601. The van der Waals surface area contributed by atoms with Gasteiger partial charge in [-0.25, -0.2) is 9.59 Å². The molecule has 0 aromatic heterocycles. The average Bonchev–Trinajstić information content (AvgIpc) is 3.07. The fraction of sp³-hybridized carbons (Fsp3) is 0.371. The Morgan fingerprint density at radius 1 is 0.735 bits per heavy atom. The number of carbonyl (C=O) groups is 4. The molecule has 2 aromatic carbocycles. The molecule has 0 aliphatic carbocycles. The molecule has 49 heavy (non-hydrogen) atoms. The first-order valence-electron chi connectivity index (χ1n) is 15.4. The Hall–Kier alpha value is -4.66. The fourth-order valence-corrected chi connectivity index (χ4v) is 5.65. The number of hydrogen-bond donors (Lipinski definition) is 0. The molecule has 12 nitrogen and oxygen atoms in total. The second kappa shape index (κ2) is 20.6. The van der Waals surface area contributed by atoms with E-state index in [1.807, 2.05) is 35.8 Å². The van der Waals surface area contributed by atoms with Crippen LogP contribution in [0.2, 0.25) is 0 Å². The Kier molecular flexibility index (Phi) is 17.1. The van der Waals surface area contributed by atoms with Gasteiger partial charge in [-0.05, 0) is 114 Å². The van der Waals surface area contributed by atoms with Crippen LogP contribution in [-0.2, 0) is 38.1 Å². The lowest BCUT2D eigenvalue weighted by molar-refractivity contribution is -0.152. The van der Waals surface area contributed by atoms with Gasteiger partial charge >= 0.3 is 23.9 Å². The van der Waals surface area contributed by atoms with Gasteiger partial charge in [-0.2, -0.15) is 10.5 Å². The number of carbonyl (C=O) groups excluding carboxylic acids is 4. The molecule has 1 atom stereocenters. The Labute approximate surface area is 303 Å². The van der Waals surface area contributed by atoms with Crippen LogP contribution in [0.25, 0.3) is 12.2 Å². The lowest BCUT2D eigenvalue weighted by Gasteiger charge is -2.23. The van der Waals surface area contributed by atoms with E-state index >= 15 is 0 Å². The van der Waals surface area contributed by atoms with Crippen LogP contribution in [0.5, 0.6) is 0 Å². The summed E-state index contributed by atoms with van der Waals surface area (Å²) in [6, 6.07) is 13.9. The summed E-state index contributed by atoms with van der Waals surface area (Å²) in [6.45, 7) is 10.1. The molecule has 2 aromatic rings. The molecule has 0 spiro atoms. The van der Waals surface area contributed by atoms with Gasteiger partial charge < -0.3 is 28.7 Å². The molecule has 260 valence electrons. The molecule has 0 fully saturated rings. The first-order chi connectivity index (χ1) is 23.4. The number of ether oxygens (including phenoxy) is 4. The van der Waals surface area contributed by atoms with Crippen LogP contribution < -0.4 is 9.80 Å². The van der Waals surface area contributed by atoms with E-state index in [2.05, 4.69) is 31.9 Å². The van der Waals surface area contributed by atoms with Crippen LogP contribution in [0.4, 0.5) is 11.4 Å². The van der Waals surface area contributed by atoms with Gasteiger partial charge in [0, 0.05) is 22.0 Å². The molecule has 2 rings (SSSR count). The van der Waals surface area contributed by atoms with Crippen molar-refractivity contribution in [3.63, 3.8) is 0 Å². The third-order valence-corrected chi connectivity index (χ3v) is 7.97. The quantitative estimate of drug-likeness (QED) is 0.0799. The largest absolute Gasteiger partial charge is 0.465 e. The summed E-state index contributed by atoms with van der Waals surface area (Å²) in [5.41, 5.74) is 1.95. The highest BCUT2D eigenvalue weighted by Crippen LogP contribution is 2.29. The van der Waals surface area contributed by atoms with E-state index in [-0.39, 0.29) is 56.0 Å². The van der Waals surface area contributed by atoms with Gasteiger partial charge in [-0.3, -0.25) is 9.59 Å². The first-order valence-corrected chi connectivity index (χ1v) is 17.0. The van der Waals surface area contributed by atoms with Gasteiger partial charge in [0.25, 0.3) is 0 Å². The van der Waals surface area contributed by atoms with Crippen molar-refractivity contribution < 1.29 is 38.1 Å². The number of nitriles is 2. The molecular weight excluding hydrogens is 764 g/mol. The van der Waals surface area contributed by atoms with Crippen molar-refractivity contribution in [1.29, 1.82) is 10.5 Å². The summed E-state index contributed by atoms with van der Waals surface area (Å²) in [7, 11) is 0. The summed E-state index contributed by atoms with van der Waals surface area (Å²) < 4.78 is 21.9. The Morgan fingerprint density at radius 3 is 1.53 bits per heavy atom. The lowest BCUT2D eigenvalue weighted by Crippen LogP contribution is -2.31. The van der Waals surface area contributed by atoms with E-state index in [0.717, 1.165) is 11.4 Å². The number of hydrogen-bond acceptors (Lipinski definition) is 12. The van der Waals surface area contributed by atoms with Crippen LogP contribution in [0.3, 0.4) is 0 Å². The number of likely N-dealkylation sites (N-methyl/N-ethyl adjacent to an activating group) is 2. The number of anilines is 2. The maximum absolute atomic E-state index is 12.8. The lowest BCUT2D eigenvalue weighted by atomic mass is 10.1. The summed E-state index contributed by atoms with van der Waals surface area (Å²) in [5.74, 6) is -2.56. The Balaban J connectivity index is 2.06. The highest BCUT2D eigenvalue weighted by atomic mass is 79.9. The molecule has 0 bridgehead atoms. The van der Waals surface area contributed by atoms with Gasteiger partial charge in [0.2, 0.25) is 0 Å². The SMILES string of the molecule is CCOC(=O)CN(CC)c1ccc(/C=C(\C#N)C(=O)OCC(C)OC(=O)/C(C#N)=C/c2ccc(N(CC)CC(=O)OCC)c(Br)c2)cc1Br. The highest BCUT2D eigenvalue weighted by Gasteiger charge is 2.20. The number of nitrogens with zero attached hydrogens (tertiary/aromatic N) is 4. The summed E-state index contributed by atoms with van der Waals surface area (Å²) in [6.07, 6.45) is 1.77. The molecule has 0 saturated heterocycles. The molecule has 14 heteroatoms. The molecule has 0 N–H and O–H groups in total. The van der Waals surface area contributed by atoms with Crippen LogP contribution in [0, 0.1) is 22.7 Å². The average molecular weight is 803 g/mol. The summed E-state index contributed by atoms with van der Waals surface area (Å²) >= 11 is 6.98. The van der Waals surface area contributed by atoms with Crippen LogP contribution >= 0.6 is 31.9 Å². The van der Waals surface area contributed by atoms with Crippen molar-refractivity contribution in [3.05, 3.63) is 67.6 Å². The van der Waals surface area contributed by atoms with Gasteiger partial charge in [-0.15, -0.1) is 0 Å². The van der Waals surface area contributed by atoms with Gasteiger partial charge in [-0.1, -0.05) is 12.1 Å². The number of benzene rings is 2. The molecule has 0 aliphatic rings. The summed E-state index contributed by atoms with van der Waals surface area (Å²) in [5, 5.41) is 19.2. The van der Waals surface area contributed by atoms with E-state index < -0.39 is 18.0 Å². The van der Waals surface area contributed by atoms with Gasteiger partial charge in [0.05, 0.1) is 24.6 Å². The van der Waals surface area contributed by atoms with Crippen molar-refractivity contribution in [2.24, 2.45) is 0 Å². The zero-order valence-electron chi connectivity index (χ0n) is 28.0. The second-order valence-electron chi connectivity index (χ2n) is 10.2. The number of esters is 4. The Morgan fingerprint density at radius 2 is 1.16 bits per heavy atom. The van der Waals surface area contributed by atoms with E-state index in [4.69, 9.17) is 18.9 Å². The normalized spacial score (nSPS) is 11.8. The third-order valence-electron chi connectivity index (χ3n) is 6.70. The molecule has 0 heterocycles. The van der Waals surface area contributed by atoms with Crippen molar-refractivity contribution in [2.75, 3.05) is 55.8 Å². The van der Waals surface area contributed by atoms with Gasteiger partial charge in [0.15, 0.2) is 0 Å². The highest BCUT2D eigenvalue weighted by molar-refractivity contribution is 9.11. The molecule has 0 amide bonds. The van der Waals surface area contributed by atoms with Crippen molar-refractivity contribution in [2.45, 2.75) is 40.7 Å². The molecule has 0 saturated carbocycles. The number of rotatable bonds is 17. The van der Waals surface area contributed by atoms with E-state index in [1.54, 1.807) is 50.2 Å². The molecule has 1 unspecified atom stereocenters. The fourth-order valence-electron chi connectivity index (χ4n) is 4.36. The van der Waals surface area contributed by atoms with Crippen LogP contribution in [0.15, 0.2) is 56.5 Å². The summed E-state index contributed by atoms with van der Waals surface area (Å²) in [4.78, 5) is 53.0. The standard InChI is InChI=1S/C35H38Br2N4O8/c1-6-40(20-32(42)46-8-3)30-12-10-24(16-28(30)36)14-26(18-38)34(44)48-22-23(5)49-35(45)27(19-39)15-25-11-13-31(29(37)17-25)41(7-2)21-33(43)47-9-4/h10-17,23H,6-9,20-22H2,1-5H3/b26-14+,27-15+. The minimum atomic E-state index is -0.934.